The SMILES string of the molecule is CCCCC[C-](C)C.[Na+]. The Bertz CT molecular complexity index is 41.8. The van der Waals surface area contributed by atoms with E-state index in [4.69, 9.17) is 0 Å². The maximum absolute atomic E-state index is 2.24. The first-order valence-electron chi connectivity index (χ1n) is 3.56. The Morgan fingerprint density at radius 1 is 1.11 bits per heavy atom. The van der Waals surface area contributed by atoms with Crippen LogP contribution in [0, 0.1) is 5.92 Å². The summed E-state index contributed by atoms with van der Waals surface area (Å²) in [5.74, 6) is 1.57. The molecule has 0 aliphatic rings. The van der Waals surface area contributed by atoms with E-state index in [1.165, 1.54) is 25.7 Å². The molecule has 0 aliphatic carbocycles. The van der Waals surface area contributed by atoms with Crippen LogP contribution in [0.3, 0.4) is 0 Å². The van der Waals surface area contributed by atoms with Gasteiger partial charge in [-0.3, -0.25) is 0 Å². The van der Waals surface area contributed by atoms with Gasteiger partial charge in [0.1, 0.15) is 0 Å². The van der Waals surface area contributed by atoms with Gasteiger partial charge in [-0.05, 0) is 0 Å². The van der Waals surface area contributed by atoms with Crippen LogP contribution in [0.5, 0.6) is 0 Å². The molecule has 0 aliphatic heterocycles. The summed E-state index contributed by atoms with van der Waals surface area (Å²) in [6.07, 6.45) is 5.45. The Morgan fingerprint density at radius 2 is 1.67 bits per heavy atom. The average molecular weight is 136 g/mol. The second-order valence-electron chi connectivity index (χ2n) is 2.66. The number of unbranched alkanes of at least 4 members (excludes halogenated alkanes) is 2. The van der Waals surface area contributed by atoms with Crippen molar-refractivity contribution >= 4 is 0 Å². The van der Waals surface area contributed by atoms with Crippen LogP contribution in [0.2, 0.25) is 0 Å². The van der Waals surface area contributed by atoms with Crippen LogP contribution in [0.4, 0.5) is 0 Å². The van der Waals surface area contributed by atoms with Crippen LogP contribution >= 0.6 is 0 Å². The molecule has 0 saturated heterocycles. The summed E-state index contributed by atoms with van der Waals surface area (Å²) in [7, 11) is 0. The van der Waals surface area contributed by atoms with Crippen molar-refractivity contribution in [1.82, 2.24) is 0 Å². The van der Waals surface area contributed by atoms with Crippen LogP contribution in [0.15, 0.2) is 0 Å². The zero-order valence-corrected chi connectivity index (χ0v) is 9.33. The fourth-order valence-corrected chi connectivity index (χ4v) is 0.729. The standard InChI is InChI=1S/C8H17.Na/c1-4-5-6-7-8(2)3;/h4-7H2,1-3H3;/q-1;+1. The van der Waals surface area contributed by atoms with Gasteiger partial charge in [0.2, 0.25) is 0 Å². The molecule has 1 heteroatoms. The zero-order valence-electron chi connectivity index (χ0n) is 7.33. The van der Waals surface area contributed by atoms with Gasteiger partial charge in [-0.25, -0.2) is 0 Å². The van der Waals surface area contributed by atoms with Gasteiger partial charge in [-0.15, -0.1) is 0 Å². The first-order valence-corrected chi connectivity index (χ1v) is 3.56. The Labute approximate surface area is 81.7 Å². The van der Waals surface area contributed by atoms with E-state index in [0.29, 0.717) is 0 Å². The third-order valence-corrected chi connectivity index (χ3v) is 1.28. The van der Waals surface area contributed by atoms with Crippen molar-refractivity contribution in [3.05, 3.63) is 5.92 Å². The van der Waals surface area contributed by atoms with Gasteiger partial charge < -0.3 is 5.92 Å². The van der Waals surface area contributed by atoms with Crippen molar-refractivity contribution in [2.75, 3.05) is 0 Å². The second-order valence-corrected chi connectivity index (χ2v) is 2.66. The normalized spacial score (nSPS) is 9.33. The minimum absolute atomic E-state index is 0. The van der Waals surface area contributed by atoms with Crippen molar-refractivity contribution in [1.29, 1.82) is 0 Å². The molecule has 0 spiro atoms. The van der Waals surface area contributed by atoms with Crippen molar-refractivity contribution in [3.8, 4) is 0 Å². The molecule has 0 fully saturated rings. The molecule has 0 atom stereocenters. The molecule has 50 valence electrons. The van der Waals surface area contributed by atoms with E-state index in [1.54, 1.807) is 5.92 Å². The molecule has 0 N–H and O–H groups in total. The molecule has 0 aromatic heterocycles. The molecule has 0 amide bonds. The number of rotatable bonds is 4. The van der Waals surface area contributed by atoms with E-state index < -0.39 is 0 Å². The molecular weight excluding hydrogens is 119 g/mol. The summed E-state index contributed by atoms with van der Waals surface area (Å²) < 4.78 is 0. The fraction of sp³-hybridized carbons (Fsp3) is 0.875. The largest absolute Gasteiger partial charge is 1.00 e. The predicted octanol–water partition coefficient (Wildman–Crippen LogP) is 0.185. The Morgan fingerprint density at radius 3 is 2.00 bits per heavy atom. The fourth-order valence-electron chi connectivity index (χ4n) is 0.729. The van der Waals surface area contributed by atoms with Gasteiger partial charge in [0.05, 0.1) is 0 Å². The number of hydrogen-bond acceptors (Lipinski definition) is 0. The molecule has 9 heavy (non-hydrogen) atoms. The van der Waals surface area contributed by atoms with Crippen LogP contribution in [0.25, 0.3) is 0 Å². The Kier molecular flexibility index (Phi) is 12.7. The van der Waals surface area contributed by atoms with Gasteiger partial charge in [-0.2, -0.15) is 20.3 Å². The van der Waals surface area contributed by atoms with Gasteiger partial charge in [0.25, 0.3) is 0 Å². The minimum Gasteiger partial charge on any atom is -0.320 e. The Balaban J connectivity index is 0. The smallest absolute Gasteiger partial charge is 0.320 e. The van der Waals surface area contributed by atoms with Gasteiger partial charge >= 0.3 is 29.6 Å². The van der Waals surface area contributed by atoms with E-state index in [9.17, 15) is 0 Å². The van der Waals surface area contributed by atoms with E-state index in [-0.39, 0.29) is 29.6 Å². The molecule has 0 aromatic rings. The van der Waals surface area contributed by atoms with E-state index in [2.05, 4.69) is 20.8 Å². The molecule has 0 rings (SSSR count). The third kappa shape index (κ3) is 12.2. The molecule has 0 unspecified atom stereocenters. The molecule has 0 aromatic carbocycles. The van der Waals surface area contributed by atoms with Crippen molar-refractivity contribution < 1.29 is 29.6 Å². The van der Waals surface area contributed by atoms with E-state index >= 15 is 0 Å². The molecule has 0 heterocycles. The van der Waals surface area contributed by atoms with Crippen molar-refractivity contribution in [2.45, 2.75) is 46.5 Å². The van der Waals surface area contributed by atoms with Crippen molar-refractivity contribution in [2.24, 2.45) is 0 Å². The van der Waals surface area contributed by atoms with Gasteiger partial charge in [0, 0.05) is 0 Å². The number of hydrogen-bond donors (Lipinski definition) is 0. The maximum Gasteiger partial charge on any atom is 1.00 e. The maximum atomic E-state index is 2.24. The quantitative estimate of drug-likeness (QED) is 0.294. The van der Waals surface area contributed by atoms with E-state index in [1.807, 2.05) is 0 Å². The summed E-state index contributed by atoms with van der Waals surface area (Å²) in [6, 6.07) is 0. The van der Waals surface area contributed by atoms with Crippen LogP contribution in [-0.4, -0.2) is 0 Å². The second kappa shape index (κ2) is 9.00. The molecule has 0 nitrogen and oxygen atoms in total. The topological polar surface area (TPSA) is 0 Å². The third-order valence-electron chi connectivity index (χ3n) is 1.28. The minimum atomic E-state index is 0. The average Bonchev–Trinajstić information content (AvgIpc) is 1.66. The zero-order chi connectivity index (χ0) is 6.41. The van der Waals surface area contributed by atoms with Crippen LogP contribution < -0.4 is 29.6 Å². The first-order chi connectivity index (χ1) is 3.77. The summed E-state index contributed by atoms with van der Waals surface area (Å²) in [5, 5.41) is 0. The molecule has 0 radical (unpaired) electrons. The first kappa shape index (κ1) is 12.7. The van der Waals surface area contributed by atoms with Crippen LogP contribution in [-0.2, 0) is 0 Å². The Hall–Kier alpha value is 1.00. The van der Waals surface area contributed by atoms with Gasteiger partial charge in [0.15, 0.2) is 0 Å². The summed E-state index contributed by atoms with van der Waals surface area (Å²) in [4.78, 5) is 0. The predicted molar refractivity (Wildman–Crippen MR) is 38.7 cm³/mol. The summed E-state index contributed by atoms with van der Waals surface area (Å²) in [6.45, 7) is 6.65. The molecule has 0 bridgehead atoms. The summed E-state index contributed by atoms with van der Waals surface area (Å²) >= 11 is 0. The monoisotopic (exact) mass is 136 g/mol. The van der Waals surface area contributed by atoms with Crippen LogP contribution in [0.1, 0.15) is 46.5 Å². The summed E-state index contributed by atoms with van der Waals surface area (Å²) in [5.41, 5.74) is 0. The van der Waals surface area contributed by atoms with E-state index in [0.717, 1.165) is 0 Å². The van der Waals surface area contributed by atoms with Crippen molar-refractivity contribution in [3.63, 3.8) is 0 Å². The van der Waals surface area contributed by atoms with Gasteiger partial charge in [-0.1, -0.05) is 26.2 Å². The molecule has 0 saturated carbocycles. The molecular formula is C8H17Na.